The van der Waals surface area contributed by atoms with E-state index in [2.05, 4.69) is 47.1 Å². The number of benzene rings is 2. The van der Waals surface area contributed by atoms with E-state index in [1.54, 1.807) is 0 Å². The number of hydrogen-bond acceptors (Lipinski definition) is 1. The van der Waals surface area contributed by atoms with Crippen LogP contribution in [0.2, 0.25) is 5.02 Å². The highest BCUT2D eigenvalue weighted by atomic mass is 79.9. The van der Waals surface area contributed by atoms with Gasteiger partial charge in [-0.15, -0.1) is 0 Å². The number of hydrogen-bond donors (Lipinski definition) is 1. The van der Waals surface area contributed by atoms with Gasteiger partial charge in [0, 0.05) is 15.5 Å². The van der Waals surface area contributed by atoms with Gasteiger partial charge < -0.3 is 5.73 Å². The molecule has 0 aliphatic heterocycles. The zero-order valence-electron chi connectivity index (χ0n) is 10.2. The molecule has 0 saturated carbocycles. The first-order chi connectivity index (χ1) is 8.56. The van der Waals surface area contributed by atoms with Crippen LogP contribution >= 0.6 is 27.5 Å². The third kappa shape index (κ3) is 3.35. The van der Waals surface area contributed by atoms with Crippen molar-refractivity contribution in [3.8, 4) is 0 Å². The van der Waals surface area contributed by atoms with E-state index in [0.717, 1.165) is 27.0 Å². The summed E-state index contributed by atoms with van der Waals surface area (Å²) in [5, 5.41) is 0.756. The fraction of sp³-hybridized carbons (Fsp3) is 0.200. The lowest BCUT2D eigenvalue weighted by Crippen LogP contribution is -2.13. The minimum absolute atomic E-state index is 0.0238. The lowest BCUT2D eigenvalue weighted by atomic mass is 9.99. The first kappa shape index (κ1) is 13.6. The van der Waals surface area contributed by atoms with Crippen molar-refractivity contribution < 1.29 is 0 Å². The molecule has 0 aliphatic rings. The number of halogens is 2. The molecule has 0 amide bonds. The molecule has 0 heterocycles. The van der Waals surface area contributed by atoms with Crippen LogP contribution in [0.1, 0.15) is 22.7 Å². The summed E-state index contributed by atoms with van der Waals surface area (Å²) in [5.74, 6) is 0. The summed E-state index contributed by atoms with van der Waals surface area (Å²) >= 11 is 9.60. The van der Waals surface area contributed by atoms with Crippen LogP contribution < -0.4 is 5.73 Å². The first-order valence-electron chi connectivity index (χ1n) is 5.82. The second kappa shape index (κ2) is 5.87. The minimum atomic E-state index is -0.0238. The highest BCUT2D eigenvalue weighted by Crippen LogP contribution is 2.25. The maximum atomic E-state index is 6.21. The van der Waals surface area contributed by atoms with Gasteiger partial charge in [-0.05, 0) is 36.6 Å². The Labute approximate surface area is 121 Å². The summed E-state index contributed by atoms with van der Waals surface area (Å²) < 4.78 is 0.986. The van der Waals surface area contributed by atoms with Crippen molar-refractivity contribution in [3.05, 3.63) is 68.7 Å². The monoisotopic (exact) mass is 323 g/mol. The maximum Gasteiger partial charge on any atom is 0.0449 e. The summed E-state index contributed by atoms with van der Waals surface area (Å²) in [6.45, 7) is 2.07. The smallest absolute Gasteiger partial charge is 0.0449 e. The van der Waals surface area contributed by atoms with Crippen LogP contribution in [-0.4, -0.2) is 0 Å². The molecule has 0 bridgehead atoms. The lowest BCUT2D eigenvalue weighted by Gasteiger charge is -2.13. The highest BCUT2D eigenvalue weighted by molar-refractivity contribution is 9.10. The van der Waals surface area contributed by atoms with Gasteiger partial charge in [0.05, 0.1) is 0 Å². The van der Waals surface area contributed by atoms with Crippen molar-refractivity contribution in [2.75, 3.05) is 0 Å². The van der Waals surface area contributed by atoms with Crippen LogP contribution in [0.5, 0.6) is 0 Å². The average Bonchev–Trinajstić information content (AvgIpc) is 2.33. The van der Waals surface area contributed by atoms with Crippen molar-refractivity contribution in [2.45, 2.75) is 19.4 Å². The van der Waals surface area contributed by atoms with Crippen LogP contribution in [0, 0.1) is 6.92 Å². The van der Waals surface area contributed by atoms with E-state index in [1.807, 2.05) is 18.2 Å². The van der Waals surface area contributed by atoms with E-state index in [1.165, 1.54) is 5.56 Å². The van der Waals surface area contributed by atoms with Crippen molar-refractivity contribution in [3.63, 3.8) is 0 Å². The summed E-state index contributed by atoms with van der Waals surface area (Å²) in [5.41, 5.74) is 9.67. The fourth-order valence-corrected chi connectivity index (χ4v) is 2.61. The van der Waals surface area contributed by atoms with Crippen molar-refractivity contribution in [1.29, 1.82) is 0 Å². The summed E-state index contributed by atoms with van der Waals surface area (Å²) in [4.78, 5) is 0. The molecule has 94 valence electrons. The van der Waals surface area contributed by atoms with E-state index in [-0.39, 0.29) is 6.04 Å². The molecule has 0 fully saturated rings. The fourth-order valence-electron chi connectivity index (χ4n) is 1.86. The molecule has 0 saturated heterocycles. The molecule has 2 rings (SSSR count). The molecule has 0 spiro atoms. The zero-order chi connectivity index (χ0) is 13.1. The molecule has 18 heavy (non-hydrogen) atoms. The van der Waals surface area contributed by atoms with Crippen LogP contribution in [0.4, 0.5) is 0 Å². The molecule has 0 aromatic heterocycles. The van der Waals surface area contributed by atoms with Gasteiger partial charge in [-0.25, -0.2) is 0 Å². The minimum Gasteiger partial charge on any atom is -0.324 e. The van der Waals surface area contributed by atoms with Crippen molar-refractivity contribution >= 4 is 27.5 Å². The van der Waals surface area contributed by atoms with Gasteiger partial charge in [-0.2, -0.15) is 0 Å². The molecule has 2 aromatic carbocycles. The lowest BCUT2D eigenvalue weighted by molar-refractivity contribution is 0.722. The highest BCUT2D eigenvalue weighted by Gasteiger charge is 2.09. The zero-order valence-corrected chi connectivity index (χ0v) is 12.5. The molecule has 1 nitrogen and oxygen atoms in total. The number of aryl methyl sites for hydroxylation is 1. The second-order valence-electron chi connectivity index (χ2n) is 4.46. The predicted molar refractivity (Wildman–Crippen MR) is 81.0 cm³/mol. The Morgan fingerprint density at radius 1 is 1.17 bits per heavy atom. The van der Waals surface area contributed by atoms with Gasteiger partial charge in [0.25, 0.3) is 0 Å². The Morgan fingerprint density at radius 3 is 2.44 bits per heavy atom. The normalized spacial score (nSPS) is 12.4. The van der Waals surface area contributed by atoms with E-state index in [4.69, 9.17) is 17.3 Å². The largest absolute Gasteiger partial charge is 0.324 e. The molecule has 0 radical (unpaired) electrons. The summed E-state index contributed by atoms with van der Waals surface area (Å²) in [6.07, 6.45) is 0.745. The van der Waals surface area contributed by atoms with Crippen LogP contribution in [0.3, 0.4) is 0 Å². The topological polar surface area (TPSA) is 26.0 Å². The SMILES string of the molecule is Cc1ccc(C(N)Cc2ccc(Br)cc2Cl)cc1. The Bertz CT molecular complexity index is 537. The molecule has 1 unspecified atom stereocenters. The van der Waals surface area contributed by atoms with E-state index < -0.39 is 0 Å². The Hall–Kier alpha value is -0.830. The Balaban J connectivity index is 2.15. The van der Waals surface area contributed by atoms with Crippen molar-refractivity contribution in [2.24, 2.45) is 5.73 Å². The van der Waals surface area contributed by atoms with Crippen LogP contribution in [-0.2, 0) is 6.42 Å². The van der Waals surface area contributed by atoms with Gasteiger partial charge in [0.15, 0.2) is 0 Å². The Kier molecular flexibility index (Phi) is 4.44. The van der Waals surface area contributed by atoms with Crippen molar-refractivity contribution in [1.82, 2.24) is 0 Å². The van der Waals surface area contributed by atoms with Gasteiger partial charge >= 0.3 is 0 Å². The molecular formula is C15H15BrClN. The standard InChI is InChI=1S/C15H15BrClN/c1-10-2-4-11(5-3-10)15(18)8-12-6-7-13(16)9-14(12)17/h2-7,9,15H,8,18H2,1H3. The van der Waals surface area contributed by atoms with Crippen LogP contribution in [0.25, 0.3) is 0 Å². The third-order valence-corrected chi connectivity index (χ3v) is 3.81. The molecular weight excluding hydrogens is 310 g/mol. The summed E-state index contributed by atoms with van der Waals surface area (Å²) in [7, 11) is 0. The second-order valence-corrected chi connectivity index (χ2v) is 5.78. The average molecular weight is 325 g/mol. The van der Waals surface area contributed by atoms with E-state index in [0.29, 0.717) is 0 Å². The summed E-state index contributed by atoms with van der Waals surface area (Å²) in [6, 6.07) is 14.2. The molecule has 2 aromatic rings. The first-order valence-corrected chi connectivity index (χ1v) is 6.99. The third-order valence-electron chi connectivity index (χ3n) is 2.96. The van der Waals surface area contributed by atoms with Gasteiger partial charge in [-0.3, -0.25) is 0 Å². The van der Waals surface area contributed by atoms with Crippen LogP contribution in [0.15, 0.2) is 46.9 Å². The molecule has 1 atom stereocenters. The molecule has 0 aliphatic carbocycles. The van der Waals surface area contributed by atoms with E-state index >= 15 is 0 Å². The molecule has 3 heteroatoms. The predicted octanol–water partition coefficient (Wildman–Crippen LogP) is 4.65. The van der Waals surface area contributed by atoms with Gasteiger partial charge in [0.2, 0.25) is 0 Å². The van der Waals surface area contributed by atoms with Gasteiger partial charge in [-0.1, -0.05) is 63.4 Å². The maximum absolute atomic E-state index is 6.21. The quantitative estimate of drug-likeness (QED) is 0.873. The Morgan fingerprint density at radius 2 is 1.83 bits per heavy atom. The molecule has 2 N–H and O–H groups in total. The van der Waals surface area contributed by atoms with E-state index in [9.17, 15) is 0 Å². The number of nitrogens with two attached hydrogens (primary N) is 1. The number of rotatable bonds is 3. The van der Waals surface area contributed by atoms with Gasteiger partial charge in [0.1, 0.15) is 0 Å².